The zero-order chi connectivity index (χ0) is 20.5. The minimum atomic E-state index is -0.161. The van der Waals surface area contributed by atoms with Gasteiger partial charge in [-0.05, 0) is 56.5 Å². The summed E-state index contributed by atoms with van der Waals surface area (Å²) in [5, 5.41) is 4.68. The molecule has 0 spiro atoms. The number of nitrogens with one attached hydrogen (secondary N) is 1. The molecule has 0 saturated heterocycles. The molecule has 3 aromatic rings. The quantitative estimate of drug-likeness (QED) is 0.597. The lowest BCUT2D eigenvalue weighted by atomic mass is 9.97. The van der Waals surface area contributed by atoms with E-state index >= 15 is 0 Å². The van der Waals surface area contributed by atoms with Crippen molar-refractivity contribution < 1.29 is 4.79 Å². The summed E-state index contributed by atoms with van der Waals surface area (Å²) < 4.78 is 0. The van der Waals surface area contributed by atoms with Gasteiger partial charge in [-0.15, -0.1) is 11.3 Å². The van der Waals surface area contributed by atoms with Gasteiger partial charge in [-0.1, -0.05) is 23.2 Å². The number of carbonyl (C=O) groups is 1. The first-order valence-electron chi connectivity index (χ1n) is 9.41. The largest absolute Gasteiger partial charge is 0.383 e. The molecule has 4 rings (SSSR count). The molecule has 0 unspecified atom stereocenters. The first-order valence-corrected chi connectivity index (χ1v) is 11.0. The number of thiophene rings is 1. The van der Waals surface area contributed by atoms with E-state index in [2.05, 4.69) is 10.3 Å². The second-order valence-corrected chi connectivity index (χ2v) is 9.16. The SMILES string of the molecule is CN(CC(=O)Nc1ccc(Cl)c(Cl)c1)Cc1nc(N)c2c3c(sc2n1)CCCC3. The fourth-order valence-corrected chi connectivity index (χ4v) is 5.21. The number of likely N-dealkylation sites (N-methyl/N-ethyl adjacent to an activating group) is 1. The summed E-state index contributed by atoms with van der Waals surface area (Å²) in [6.45, 7) is 0.611. The number of rotatable bonds is 5. The number of fused-ring (bicyclic) bond motifs is 3. The van der Waals surface area contributed by atoms with Gasteiger partial charge in [0.2, 0.25) is 5.91 Å². The van der Waals surface area contributed by atoms with E-state index in [1.54, 1.807) is 29.5 Å². The van der Waals surface area contributed by atoms with Gasteiger partial charge in [0, 0.05) is 10.6 Å². The van der Waals surface area contributed by atoms with E-state index in [-0.39, 0.29) is 12.5 Å². The number of carbonyl (C=O) groups excluding carboxylic acids is 1. The van der Waals surface area contributed by atoms with Crippen molar-refractivity contribution >= 4 is 62.2 Å². The predicted octanol–water partition coefficient (Wildman–Crippen LogP) is 4.53. The molecule has 0 aliphatic heterocycles. The maximum absolute atomic E-state index is 12.3. The first kappa shape index (κ1) is 20.3. The van der Waals surface area contributed by atoms with Crippen LogP contribution in [-0.4, -0.2) is 34.4 Å². The van der Waals surface area contributed by atoms with E-state index in [0.29, 0.717) is 33.9 Å². The van der Waals surface area contributed by atoms with Crippen molar-refractivity contribution in [3.05, 3.63) is 44.5 Å². The van der Waals surface area contributed by atoms with Gasteiger partial charge in [0.05, 0.1) is 28.5 Å². The van der Waals surface area contributed by atoms with Gasteiger partial charge in [0.25, 0.3) is 0 Å². The fourth-order valence-electron chi connectivity index (χ4n) is 3.62. The normalized spacial score (nSPS) is 13.7. The lowest BCUT2D eigenvalue weighted by Crippen LogP contribution is -2.30. The Labute approximate surface area is 183 Å². The molecule has 2 aromatic heterocycles. The van der Waals surface area contributed by atoms with E-state index in [1.165, 1.54) is 23.3 Å². The standard InChI is InChI=1S/C20H21Cl2N5OS/c1-27(10-17(28)24-11-6-7-13(21)14(22)8-11)9-16-25-19(23)18-12-4-2-3-5-15(12)29-20(18)26-16/h6-8H,2-5,9-10H2,1H3,(H,24,28)(H2,23,25,26). The van der Waals surface area contributed by atoms with E-state index in [1.807, 2.05) is 11.9 Å². The molecule has 1 aromatic carbocycles. The number of nitrogen functional groups attached to an aromatic ring is 1. The summed E-state index contributed by atoms with van der Waals surface area (Å²) in [6, 6.07) is 4.98. The molecule has 1 amide bonds. The van der Waals surface area contributed by atoms with Gasteiger partial charge < -0.3 is 11.1 Å². The average molecular weight is 450 g/mol. The van der Waals surface area contributed by atoms with Gasteiger partial charge >= 0.3 is 0 Å². The predicted molar refractivity (Wildman–Crippen MR) is 120 cm³/mol. The zero-order valence-electron chi connectivity index (χ0n) is 16.0. The number of halogens is 2. The Bertz CT molecular complexity index is 1080. The van der Waals surface area contributed by atoms with Crippen LogP contribution in [0.2, 0.25) is 10.0 Å². The number of benzene rings is 1. The highest BCUT2D eigenvalue weighted by atomic mass is 35.5. The lowest BCUT2D eigenvalue weighted by Gasteiger charge is -2.16. The van der Waals surface area contributed by atoms with Crippen LogP contribution < -0.4 is 11.1 Å². The van der Waals surface area contributed by atoms with E-state index in [9.17, 15) is 4.79 Å². The fraction of sp³-hybridized carbons (Fsp3) is 0.350. The van der Waals surface area contributed by atoms with Crippen LogP contribution in [0.25, 0.3) is 10.2 Å². The van der Waals surface area contributed by atoms with Crippen LogP contribution in [0.4, 0.5) is 11.5 Å². The molecule has 1 aliphatic rings. The van der Waals surface area contributed by atoms with Crippen molar-refractivity contribution in [1.82, 2.24) is 14.9 Å². The molecule has 9 heteroatoms. The van der Waals surface area contributed by atoms with Crippen LogP contribution in [-0.2, 0) is 24.2 Å². The topological polar surface area (TPSA) is 84.1 Å². The molecule has 0 fully saturated rings. The van der Waals surface area contributed by atoms with Crippen molar-refractivity contribution in [2.45, 2.75) is 32.2 Å². The van der Waals surface area contributed by atoms with Crippen molar-refractivity contribution in [2.24, 2.45) is 0 Å². The van der Waals surface area contributed by atoms with Gasteiger partial charge in [0.15, 0.2) is 0 Å². The van der Waals surface area contributed by atoms with Crippen molar-refractivity contribution in [3.63, 3.8) is 0 Å². The second kappa shape index (κ2) is 8.44. The average Bonchev–Trinajstić information content (AvgIpc) is 3.03. The number of aryl methyl sites for hydroxylation is 2. The number of nitrogens with zero attached hydrogens (tertiary/aromatic N) is 3. The molecule has 3 N–H and O–H groups in total. The summed E-state index contributed by atoms with van der Waals surface area (Å²) in [7, 11) is 1.84. The summed E-state index contributed by atoms with van der Waals surface area (Å²) >= 11 is 13.6. The van der Waals surface area contributed by atoms with Crippen LogP contribution in [0, 0.1) is 0 Å². The van der Waals surface area contributed by atoms with Crippen LogP contribution in [0.15, 0.2) is 18.2 Å². The molecular weight excluding hydrogens is 429 g/mol. The minimum absolute atomic E-state index is 0.161. The lowest BCUT2D eigenvalue weighted by molar-refractivity contribution is -0.117. The molecule has 0 bridgehead atoms. The molecule has 29 heavy (non-hydrogen) atoms. The molecule has 0 radical (unpaired) electrons. The maximum atomic E-state index is 12.3. The van der Waals surface area contributed by atoms with Gasteiger partial charge in [-0.25, -0.2) is 9.97 Å². The maximum Gasteiger partial charge on any atom is 0.238 e. The number of hydrogen-bond donors (Lipinski definition) is 2. The summed E-state index contributed by atoms with van der Waals surface area (Å²) in [5.41, 5.74) is 8.19. The van der Waals surface area contributed by atoms with Crippen molar-refractivity contribution in [1.29, 1.82) is 0 Å². The zero-order valence-corrected chi connectivity index (χ0v) is 18.3. The van der Waals surface area contributed by atoms with Crippen LogP contribution in [0.1, 0.15) is 29.1 Å². The van der Waals surface area contributed by atoms with Gasteiger partial charge in [0.1, 0.15) is 16.5 Å². The van der Waals surface area contributed by atoms with E-state index in [0.717, 1.165) is 23.1 Å². The molecule has 2 heterocycles. The third-order valence-electron chi connectivity index (χ3n) is 4.92. The van der Waals surface area contributed by atoms with Crippen molar-refractivity contribution in [3.8, 4) is 0 Å². The molecule has 0 atom stereocenters. The Kier molecular flexibility index (Phi) is 5.92. The number of amides is 1. The van der Waals surface area contributed by atoms with E-state index in [4.69, 9.17) is 33.9 Å². The highest BCUT2D eigenvalue weighted by molar-refractivity contribution is 7.19. The molecular formula is C20H21Cl2N5OS. The van der Waals surface area contributed by atoms with Crippen LogP contribution in [0.5, 0.6) is 0 Å². The monoisotopic (exact) mass is 449 g/mol. The minimum Gasteiger partial charge on any atom is -0.383 e. The number of aromatic nitrogens is 2. The van der Waals surface area contributed by atoms with E-state index < -0.39 is 0 Å². The molecule has 152 valence electrons. The van der Waals surface area contributed by atoms with Gasteiger partial charge in [-0.2, -0.15) is 0 Å². The van der Waals surface area contributed by atoms with Crippen molar-refractivity contribution in [2.75, 3.05) is 24.6 Å². The van der Waals surface area contributed by atoms with Gasteiger partial charge in [-0.3, -0.25) is 9.69 Å². The van der Waals surface area contributed by atoms with Crippen LogP contribution >= 0.6 is 34.5 Å². The molecule has 6 nitrogen and oxygen atoms in total. The number of nitrogens with two attached hydrogens (primary N) is 1. The summed E-state index contributed by atoms with van der Waals surface area (Å²) in [4.78, 5) is 25.7. The Morgan fingerprint density at radius 1 is 1.24 bits per heavy atom. The molecule has 1 aliphatic carbocycles. The Balaban J connectivity index is 1.43. The molecule has 0 saturated carbocycles. The third kappa shape index (κ3) is 4.48. The smallest absolute Gasteiger partial charge is 0.238 e. The second-order valence-electron chi connectivity index (χ2n) is 7.27. The Morgan fingerprint density at radius 3 is 2.83 bits per heavy atom. The first-order chi connectivity index (χ1) is 13.9. The Morgan fingerprint density at radius 2 is 2.03 bits per heavy atom. The summed E-state index contributed by atoms with van der Waals surface area (Å²) in [5.74, 6) is 1.00. The highest BCUT2D eigenvalue weighted by Gasteiger charge is 2.20. The number of anilines is 2. The Hall–Kier alpha value is -1.93. The third-order valence-corrected chi connectivity index (χ3v) is 6.84. The number of hydrogen-bond acceptors (Lipinski definition) is 6. The summed E-state index contributed by atoms with van der Waals surface area (Å²) in [6.07, 6.45) is 4.56. The van der Waals surface area contributed by atoms with Crippen LogP contribution in [0.3, 0.4) is 0 Å². The highest BCUT2D eigenvalue weighted by Crippen LogP contribution is 2.37.